The molecule has 1 N–H and O–H groups in total. The molecule has 1 amide bonds. The highest BCUT2D eigenvalue weighted by Crippen LogP contribution is 2.27. The number of rotatable bonds is 2. The molecule has 0 radical (unpaired) electrons. The molecule has 3 rings (SSSR count). The summed E-state index contributed by atoms with van der Waals surface area (Å²) >= 11 is 5.91. The predicted molar refractivity (Wildman–Crippen MR) is 76.0 cm³/mol. The number of carbonyl (C=O) groups excluding carboxylic acids is 1. The molecule has 3 unspecified atom stereocenters. The first-order chi connectivity index (χ1) is 9.72. The van der Waals surface area contributed by atoms with Crippen LogP contribution in [0.3, 0.4) is 0 Å². The first kappa shape index (κ1) is 13.9. The van der Waals surface area contributed by atoms with Crippen LogP contribution in [0.25, 0.3) is 0 Å². The zero-order valence-electron chi connectivity index (χ0n) is 11.2. The summed E-state index contributed by atoms with van der Waals surface area (Å²) < 4.78 is 11.4. The second-order valence-corrected chi connectivity index (χ2v) is 5.75. The lowest BCUT2D eigenvalue weighted by molar-refractivity contribution is -0.157. The monoisotopic (exact) mass is 295 g/mol. The molecule has 20 heavy (non-hydrogen) atoms. The number of halogens is 1. The van der Waals surface area contributed by atoms with Crippen molar-refractivity contribution in [3.63, 3.8) is 0 Å². The third-order valence-electron chi connectivity index (χ3n) is 3.90. The summed E-state index contributed by atoms with van der Waals surface area (Å²) in [5, 5.41) is 3.64. The largest absolute Gasteiger partial charge is 0.373 e. The average molecular weight is 296 g/mol. The average Bonchev–Trinajstić information content (AvgIpc) is 2.47. The first-order valence-corrected chi connectivity index (χ1v) is 7.40. The Hall–Kier alpha value is -1.10. The molecule has 1 saturated heterocycles. The van der Waals surface area contributed by atoms with Gasteiger partial charge in [0.05, 0.1) is 25.4 Å². The molecule has 108 valence electrons. The minimum Gasteiger partial charge on any atom is -0.373 e. The SMILES string of the molecule is O=C(NC1CCC2OCCOC2C1)c1cccc(Cl)c1. The number of hydrogen-bond donors (Lipinski definition) is 1. The van der Waals surface area contributed by atoms with E-state index in [1.165, 1.54) is 0 Å². The van der Waals surface area contributed by atoms with Crippen LogP contribution < -0.4 is 5.32 Å². The summed E-state index contributed by atoms with van der Waals surface area (Å²) in [5.41, 5.74) is 0.598. The highest BCUT2D eigenvalue weighted by Gasteiger charge is 2.34. The molecule has 1 aliphatic heterocycles. The summed E-state index contributed by atoms with van der Waals surface area (Å²) in [7, 11) is 0. The van der Waals surface area contributed by atoms with Crippen molar-refractivity contribution >= 4 is 17.5 Å². The molecule has 3 atom stereocenters. The van der Waals surface area contributed by atoms with E-state index < -0.39 is 0 Å². The van der Waals surface area contributed by atoms with Crippen molar-refractivity contribution in [2.45, 2.75) is 37.5 Å². The van der Waals surface area contributed by atoms with Crippen molar-refractivity contribution in [1.29, 1.82) is 0 Å². The molecule has 0 spiro atoms. The van der Waals surface area contributed by atoms with Crippen molar-refractivity contribution in [1.82, 2.24) is 5.32 Å². The second kappa shape index (κ2) is 6.12. The number of nitrogens with one attached hydrogen (secondary N) is 1. The van der Waals surface area contributed by atoms with E-state index in [-0.39, 0.29) is 24.2 Å². The summed E-state index contributed by atoms with van der Waals surface area (Å²) in [6, 6.07) is 7.14. The fraction of sp³-hybridized carbons (Fsp3) is 0.533. The Kier molecular flexibility index (Phi) is 4.24. The van der Waals surface area contributed by atoms with Crippen molar-refractivity contribution in [2.24, 2.45) is 0 Å². The third-order valence-corrected chi connectivity index (χ3v) is 4.14. The summed E-state index contributed by atoms with van der Waals surface area (Å²) in [4.78, 5) is 12.2. The van der Waals surface area contributed by atoms with Gasteiger partial charge in [-0.1, -0.05) is 17.7 Å². The van der Waals surface area contributed by atoms with E-state index in [1.54, 1.807) is 24.3 Å². The second-order valence-electron chi connectivity index (χ2n) is 5.31. The quantitative estimate of drug-likeness (QED) is 0.911. The third kappa shape index (κ3) is 3.14. The van der Waals surface area contributed by atoms with E-state index in [2.05, 4.69) is 5.32 Å². The molecular weight excluding hydrogens is 278 g/mol. The van der Waals surface area contributed by atoms with Crippen molar-refractivity contribution < 1.29 is 14.3 Å². The maximum Gasteiger partial charge on any atom is 0.251 e. The van der Waals surface area contributed by atoms with Crippen LogP contribution in [0, 0.1) is 0 Å². The lowest BCUT2D eigenvalue weighted by Gasteiger charge is -2.39. The molecule has 1 heterocycles. The Labute approximate surface area is 123 Å². The molecule has 0 aromatic heterocycles. The van der Waals surface area contributed by atoms with Gasteiger partial charge in [-0.3, -0.25) is 4.79 Å². The normalized spacial score (nSPS) is 29.6. The molecule has 1 saturated carbocycles. The van der Waals surface area contributed by atoms with Crippen LogP contribution in [0.4, 0.5) is 0 Å². The molecule has 0 bridgehead atoms. The number of carbonyl (C=O) groups is 1. The minimum absolute atomic E-state index is 0.0762. The lowest BCUT2D eigenvalue weighted by Crippen LogP contribution is -2.49. The molecule has 5 heteroatoms. The van der Waals surface area contributed by atoms with Gasteiger partial charge in [0.2, 0.25) is 0 Å². The molecule has 2 fully saturated rings. The van der Waals surface area contributed by atoms with Crippen LogP contribution >= 0.6 is 11.6 Å². The molecule has 4 nitrogen and oxygen atoms in total. The first-order valence-electron chi connectivity index (χ1n) is 7.02. The van der Waals surface area contributed by atoms with Gasteiger partial charge in [0.15, 0.2) is 0 Å². The fourth-order valence-corrected chi connectivity index (χ4v) is 3.09. The Morgan fingerprint density at radius 1 is 1.20 bits per heavy atom. The van der Waals surface area contributed by atoms with Gasteiger partial charge in [-0.2, -0.15) is 0 Å². The number of ether oxygens (including phenoxy) is 2. The Morgan fingerprint density at radius 2 is 2.00 bits per heavy atom. The molecule has 2 aliphatic rings. The van der Waals surface area contributed by atoms with E-state index in [1.807, 2.05) is 0 Å². The maximum atomic E-state index is 12.2. The van der Waals surface area contributed by atoms with Gasteiger partial charge in [0.1, 0.15) is 0 Å². The van der Waals surface area contributed by atoms with Gasteiger partial charge in [-0.05, 0) is 37.5 Å². The summed E-state index contributed by atoms with van der Waals surface area (Å²) in [5.74, 6) is -0.0762. The van der Waals surface area contributed by atoms with Crippen LogP contribution in [0.1, 0.15) is 29.6 Å². The van der Waals surface area contributed by atoms with Gasteiger partial charge in [0, 0.05) is 16.6 Å². The fourth-order valence-electron chi connectivity index (χ4n) is 2.90. The van der Waals surface area contributed by atoms with Crippen molar-refractivity contribution in [3.05, 3.63) is 34.9 Å². The molecular formula is C15H18ClNO3. The van der Waals surface area contributed by atoms with Gasteiger partial charge in [-0.25, -0.2) is 0 Å². The Bertz CT molecular complexity index is 494. The van der Waals surface area contributed by atoms with E-state index >= 15 is 0 Å². The van der Waals surface area contributed by atoms with Gasteiger partial charge < -0.3 is 14.8 Å². The smallest absolute Gasteiger partial charge is 0.251 e. The molecule has 1 aromatic rings. The minimum atomic E-state index is -0.0762. The summed E-state index contributed by atoms with van der Waals surface area (Å²) in [6.07, 6.45) is 2.99. The maximum absolute atomic E-state index is 12.2. The van der Waals surface area contributed by atoms with E-state index in [0.717, 1.165) is 19.3 Å². The number of hydrogen-bond acceptors (Lipinski definition) is 3. The Morgan fingerprint density at radius 3 is 2.80 bits per heavy atom. The van der Waals surface area contributed by atoms with Gasteiger partial charge in [0.25, 0.3) is 5.91 Å². The standard InChI is InChI=1S/C15H18ClNO3/c16-11-3-1-2-10(8-11)15(18)17-12-4-5-13-14(9-12)20-7-6-19-13/h1-3,8,12-14H,4-7,9H2,(H,17,18). The van der Waals surface area contributed by atoms with E-state index in [9.17, 15) is 4.79 Å². The zero-order chi connectivity index (χ0) is 13.9. The highest BCUT2D eigenvalue weighted by molar-refractivity contribution is 6.30. The number of amides is 1. The number of fused-ring (bicyclic) bond motifs is 1. The van der Waals surface area contributed by atoms with Crippen molar-refractivity contribution in [3.8, 4) is 0 Å². The molecule has 1 aliphatic carbocycles. The zero-order valence-corrected chi connectivity index (χ0v) is 11.9. The van der Waals surface area contributed by atoms with Crippen LogP contribution in [0.15, 0.2) is 24.3 Å². The molecule has 1 aromatic carbocycles. The van der Waals surface area contributed by atoms with E-state index in [4.69, 9.17) is 21.1 Å². The highest BCUT2D eigenvalue weighted by atomic mass is 35.5. The van der Waals surface area contributed by atoms with Crippen LogP contribution in [-0.4, -0.2) is 37.4 Å². The predicted octanol–water partition coefficient (Wildman–Crippen LogP) is 2.41. The van der Waals surface area contributed by atoms with Crippen molar-refractivity contribution in [2.75, 3.05) is 13.2 Å². The van der Waals surface area contributed by atoms with Crippen LogP contribution in [0.2, 0.25) is 5.02 Å². The van der Waals surface area contributed by atoms with E-state index in [0.29, 0.717) is 23.8 Å². The van der Waals surface area contributed by atoms with Gasteiger partial charge in [-0.15, -0.1) is 0 Å². The van der Waals surface area contributed by atoms with Crippen LogP contribution in [0.5, 0.6) is 0 Å². The topological polar surface area (TPSA) is 47.6 Å². The van der Waals surface area contributed by atoms with Gasteiger partial charge >= 0.3 is 0 Å². The summed E-state index contributed by atoms with van der Waals surface area (Å²) in [6.45, 7) is 1.33. The van der Waals surface area contributed by atoms with Crippen LogP contribution in [-0.2, 0) is 9.47 Å². The number of benzene rings is 1. The Balaban J connectivity index is 1.59. The lowest BCUT2D eigenvalue weighted by atomic mass is 9.89.